The predicted molar refractivity (Wildman–Crippen MR) is 68.6 cm³/mol. The summed E-state index contributed by atoms with van der Waals surface area (Å²) in [5.41, 5.74) is 6.70. The highest BCUT2D eigenvalue weighted by atomic mass is 32.2. The number of benzene rings is 1. The first-order valence-corrected chi connectivity index (χ1v) is 6.19. The lowest BCUT2D eigenvalue weighted by Crippen LogP contribution is -2.22. The lowest BCUT2D eigenvalue weighted by molar-refractivity contribution is 0.929. The minimum Gasteiger partial charge on any atom is -0.370 e. The summed E-state index contributed by atoms with van der Waals surface area (Å²) < 4.78 is 0. The van der Waals surface area contributed by atoms with Gasteiger partial charge in [0.2, 0.25) is 0 Å². The summed E-state index contributed by atoms with van der Waals surface area (Å²) in [6, 6.07) is 8.10. The number of nitrogens with two attached hydrogens (primary N) is 1. The Morgan fingerprint density at radius 3 is 3.00 bits per heavy atom. The average molecular weight is 223 g/mol. The van der Waals surface area contributed by atoms with Gasteiger partial charge in [-0.2, -0.15) is 0 Å². The van der Waals surface area contributed by atoms with Crippen LogP contribution < -0.4 is 11.1 Å². The van der Waals surface area contributed by atoms with Gasteiger partial charge < -0.3 is 11.1 Å². The van der Waals surface area contributed by atoms with Crippen molar-refractivity contribution in [2.24, 2.45) is 10.7 Å². The summed E-state index contributed by atoms with van der Waals surface area (Å²) >= 11 is 1.71. The second kappa shape index (κ2) is 6.35. The molecule has 0 radical (unpaired) electrons. The topological polar surface area (TPSA) is 50.4 Å². The Balaban J connectivity index is 2.63. The molecule has 0 atom stereocenters. The highest BCUT2D eigenvalue weighted by Gasteiger charge is 1.95. The normalized spacial score (nSPS) is 11.5. The molecule has 1 aromatic rings. The fourth-order valence-corrected chi connectivity index (χ4v) is 1.58. The van der Waals surface area contributed by atoms with Crippen molar-refractivity contribution in [3.05, 3.63) is 24.3 Å². The zero-order valence-electron chi connectivity index (χ0n) is 9.16. The second-order valence-corrected chi connectivity index (χ2v) is 4.00. The van der Waals surface area contributed by atoms with Crippen LogP contribution in [0.5, 0.6) is 0 Å². The van der Waals surface area contributed by atoms with Crippen LogP contribution in [0, 0.1) is 0 Å². The van der Waals surface area contributed by atoms with Gasteiger partial charge in [0.05, 0.1) is 0 Å². The van der Waals surface area contributed by atoms with Crippen molar-refractivity contribution in [3.8, 4) is 0 Å². The van der Waals surface area contributed by atoms with E-state index < -0.39 is 0 Å². The summed E-state index contributed by atoms with van der Waals surface area (Å²) in [4.78, 5) is 5.38. The van der Waals surface area contributed by atoms with Gasteiger partial charge in [-0.25, -0.2) is 0 Å². The minimum atomic E-state index is 0.482. The number of guanidine groups is 1. The smallest absolute Gasteiger partial charge is 0.193 e. The molecule has 0 fully saturated rings. The molecule has 0 aliphatic rings. The quantitative estimate of drug-likeness (QED) is 0.468. The molecule has 0 spiro atoms. The van der Waals surface area contributed by atoms with Crippen molar-refractivity contribution in [1.82, 2.24) is 0 Å². The molecule has 82 valence electrons. The van der Waals surface area contributed by atoms with E-state index in [1.54, 1.807) is 11.8 Å². The van der Waals surface area contributed by atoms with Crippen molar-refractivity contribution in [3.63, 3.8) is 0 Å². The number of nitrogens with one attached hydrogen (secondary N) is 1. The van der Waals surface area contributed by atoms with E-state index in [4.69, 9.17) is 5.73 Å². The van der Waals surface area contributed by atoms with Gasteiger partial charge in [-0.15, -0.1) is 11.8 Å². The van der Waals surface area contributed by atoms with Crippen LogP contribution in [-0.4, -0.2) is 18.8 Å². The van der Waals surface area contributed by atoms with E-state index >= 15 is 0 Å². The van der Waals surface area contributed by atoms with E-state index in [9.17, 15) is 0 Å². The molecular weight excluding hydrogens is 206 g/mol. The van der Waals surface area contributed by atoms with Gasteiger partial charge in [-0.05, 0) is 30.9 Å². The Kier molecular flexibility index (Phi) is 5.04. The Morgan fingerprint density at radius 1 is 1.53 bits per heavy atom. The average Bonchev–Trinajstić information content (AvgIpc) is 2.26. The standard InChI is InChI=1S/C11H17N3S/c1-3-7-13-11(12)14-9-5-4-6-10(8-9)15-2/h4-6,8H,3,7H2,1-2H3,(H3,12,13,14). The minimum absolute atomic E-state index is 0.482. The van der Waals surface area contributed by atoms with E-state index in [0.717, 1.165) is 18.7 Å². The molecule has 1 rings (SSSR count). The second-order valence-electron chi connectivity index (χ2n) is 3.12. The SMILES string of the molecule is CCCN=C(N)Nc1cccc(SC)c1. The van der Waals surface area contributed by atoms with Crippen LogP contribution in [-0.2, 0) is 0 Å². The number of hydrogen-bond acceptors (Lipinski definition) is 2. The van der Waals surface area contributed by atoms with Gasteiger partial charge in [0.15, 0.2) is 5.96 Å². The van der Waals surface area contributed by atoms with Gasteiger partial charge in [0.25, 0.3) is 0 Å². The monoisotopic (exact) mass is 223 g/mol. The third-order valence-corrected chi connectivity index (χ3v) is 2.57. The van der Waals surface area contributed by atoms with Crippen LogP contribution in [0.3, 0.4) is 0 Å². The summed E-state index contributed by atoms with van der Waals surface area (Å²) in [5, 5.41) is 3.07. The summed E-state index contributed by atoms with van der Waals surface area (Å²) in [6.07, 6.45) is 3.06. The molecule has 0 aliphatic heterocycles. The lowest BCUT2D eigenvalue weighted by Gasteiger charge is -2.06. The van der Waals surface area contributed by atoms with Crippen LogP contribution in [0.15, 0.2) is 34.2 Å². The van der Waals surface area contributed by atoms with Crippen molar-refractivity contribution >= 4 is 23.4 Å². The molecule has 0 amide bonds. The van der Waals surface area contributed by atoms with Crippen molar-refractivity contribution in [2.45, 2.75) is 18.2 Å². The molecule has 0 bridgehead atoms. The molecule has 15 heavy (non-hydrogen) atoms. The first-order chi connectivity index (χ1) is 7.26. The van der Waals surface area contributed by atoms with Crippen LogP contribution >= 0.6 is 11.8 Å². The summed E-state index contributed by atoms with van der Waals surface area (Å²) in [5.74, 6) is 0.482. The van der Waals surface area contributed by atoms with Gasteiger partial charge in [-0.1, -0.05) is 13.0 Å². The van der Waals surface area contributed by atoms with E-state index in [-0.39, 0.29) is 0 Å². The van der Waals surface area contributed by atoms with Crippen LogP contribution in [0.2, 0.25) is 0 Å². The van der Waals surface area contributed by atoms with Gasteiger partial charge in [0.1, 0.15) is 0 Å². The molecule has 0 unspecified atom stereocenters. The number of nitrogens with zero attached hydrogens (tertiary/aromatic N) is 1. The third kappa shape index (κ3) is 4.25. The third-order valence-electron chi connectivity index (χ3n) is 1.85. The molecule has 0 saturated carbocycles. The molecule has 1 aromatic carbocycles. The van der Waals surface area contributed by atoms with Crippen LogP contribution in [0.1, 0.15) is 13.3 Å². The first kappa shape index (κ1) is 11.9. The number of thioether (sulfide) groups is 1. The maximum atomic E-state index is 5.72. The van der Waals surface area contributed by atoms with Crippen LogP contribution in [0.4, 0.5) is 5.69 Å². The maximum Gasteiger partial charge on any atom is 0.193 e. The van der Waals surface area contributed by atoms with E-state index in [0.29, 0.717) is 5.96 Å². The van der Waals surface area contributed by atoms with Gasteiger partial charge >= 0.3 is 0 Å². The Morgan fingerprint density at radius 2 is 2.33 bits per heavy atom. The highest BCUT2D eigenvalue weighted by molar-refractivity contribution is 7.98. The number of hydrogen-bond donors (Lipinski definition) is 2. The highest BCUT2D eigenvalue weighted by Crippen LogP contribution is 2.18. The first-order valence-electron chi connectivity index (χ1n) is 4.97. The summed E-state index contributed by atoms with van der Waals surface area (Å²) in [7, 11) is 0. The Labute approximate surface area is 95.2 Å². The number of rotatable bonds is 4. The van der Waals surface area contributed by atoms with E-state index in [2.05, 4.69) is 29.4 Å². The van der Waals surface area contributed by atoms with Crippen molar-refractivity contribution < 1.29 is 0 Å². The zero-order valence-corrected chi connectivity index (χ0v) is 9.97. The number of anilines is 1. The van der Waals surface area contributed by atoms with Crippen LogP contribution in [0.25, 0.3) is 0 Å². The fraction of sp³-hybridized carbons (Fsp3) is 0.364. The predicted octanol–water partition coefficient (Wildman–Crippen LogP) is 2.55. The zero-order chi connectivity index (χ0) is 11.1. The molecule has 0 aliphatic carbocycles. The lowest BCUT2D eigenvalue weighted by atomic mass is 10.3. The molecule has 0 heterocycles. The molecule has 3 nitrogen and oxygen atoms in total. The molecular formula is C11H17N3S. The van der Waals surface area contributed by atoms with E-state index in [1.807, 2.05) is 18.4 Å². The molecule has 0 aromatic heterocycles. The van der Waals surface area contributed by atoms with Crippen molar-refractivity contribution in [1.29, 1.82) is 0 Å². The molecule has 4 heteroatoms. The molecule has 0 saturated heterocycles. The largest absolute Gasteiger partial charge is 0.370 e. The van der Waals surface area contributed by atoms with Gasteiger partial charge in [-0.3, -0.25) is 4.99 Å². The summed E-state index contributed by atoms with van der Waals surface area (Å²) in [6.45, 7) is 2.84. The molecule has 3 N–H and O–H groups in total. The Bertz CT molecular complexity index is 336. The fourth-order valence-electron chi connectivity index (χ4n) is 1.12. The maximum absolute atomic E-state index is 5.72. The van der Waals surface area contributed by atoms with Crippen molar-refractivity contribution in [2.75, 3.05) is 18.1 Å². The van der Waals surface area contributed by atoms with E-state index in [1.165, 1.54) is 4.90 Å². The van der Waals surface area contributed by atoms with Gasteiger partial charge in [0, 0.05) is 17.1 Å². The number of aliphatic imine (C=N–C) groups is 1. The Hall–Kier alpha value is -1.16.